The van der Waals surface area contributed by atoms with Crippen molar-refractivity contribution in [2.24, 2.45) is 7.05 Å². The SMILES string of the molecule is CN(C)[S+]([O-])N1CCN(c2ccc(OCc3nn(C)c4c3-c3cccc5c(CCCOc6cccc7ccccc67)c(C(=O)O)n(c35)C/C=C\COC4)cc2)CC1. The average Bonchev–Trinajstić information content (AvgIpc) is 3.71. The van der Waals surface area contributed by atoms with E-state index in [-0.39, 0.29) is 12.3 Å². The third-order valence-electron chi connectivity index (χ3n) is 10.7. The van der Waals surface area contributed by atoms with Gasteiger partial charge in [0.1, 0.15) is 41.0 Å². The van der Waals surface area contributed by atoms with Crippen molar-refractivity contribution in [1.29, 1.82) is 0 Å². The van der Waals surface area contributed by atoms with Gasteiger partial charge in [-0.3, -0.25) is 4.68 Å². The van der Waals surface area contributed by atoms with Gasteiger partial charge in [-0.1, -0.05) is 66.7 Å². The third-order valence-corrected chi connectivity index (χ3v) is 12.2. The van der Waals surface area contributed by atoms with E-state index in [2.05, 4.69) is 35.2 Å². The Labute approximate surface area is 335 Å². The Morgan fingerprint density at radius 2 is 1.68 bits per heavy atom. The number of ether oxygens (including phenoxy) is 3. The fourth-order valence-corrected chi connectivity index (χ4v) is 8.96. The summed E-state index contributed by atoms with van der Waals surface area (Å²) in [6, 6.07) is 28.3. The number of anilines is 1. The fourth-order valence-electron chi connectivity index (χ4n) is 8.02. The highest BCUT2D eigenvalue weighted by molar-refractivity contribution is 7.86. The van der Waals surface area contributed by atoms with Crippen LogP contribution in [0.2, 0.25) is 0 Å². The summed E-state index contributed by atoms with van der Waals surface area (Å²) < 4.78 is 38.8. The van der Waals surface area contributed by atoms with Crippen LogP contribution in [0.4, 0.5) is 5.69 Å². The first-order chi connectivity index (χ1) is 27.8. The Bertz CT molecular complexity index is 2390. The molecule has 1 N–H and O–H groups in total. The molecule has 4 heterocycles. The summed E-state index contributed by atoms with van der Waals surface area (Å²) in [7, 11) is 5.57. The van der Waals surface area contributed by atoms with Gasteiger partial charge in [0.05, 0.1) is 44.1 Å². The van der Waals surface area contributed by atoms with E-state index in [0.29, 0.717) is 45.0 Å². The van der Waals surface area contributed by atoms with Crippen LogP contribution in [-0.4, -0.2) is 92.1 Å². The Morgan fingerprint density at radius 3 is 2.47 bits per heavy atom. The molecule has 1 fully saturated rings. The second-order valence-corrected chi connectivity index (χ2v) is 16.2. The number of aromatic carboxylic acids is 1. The lowest BCUT2D eigenvalue weighted by Crippen LogP contribution is -2.51. The highest BCUT2D eigenvalue weighted by Crippen LogP contribution is 2.39. The molecule has 6 aromatic rings. The predicted octanol–water partition coefficient (Wildman–Crippen LogP) is 6.83. The minimum Gasteiger partial charge on any atom is -0.578 e. The van der Waals surface area contributed by atoms with E-state index in [0.717, 1.165) is 87.4 Å². The van der Waals surface area contributed by atoms with E-state index >= 15 is 0 Å². The molecule has 13 heteroatoms. The molecule has 2 aliphatic rings. The van der Waals surface area contributed by atoms with Crippen LogP contribution >= 0.6 is 0 Å². The summed E-state index contributed by atoms with van der Waals surface area (Å²) in [6.45, 7) is 4.75. The molecule has 2 aliphatic heterocycles. The van der Waals surface area contributed by atoms with E-state index in [1.54, 1.807) is 4.31 Å². The van der Waals surface area contributed by atoms with Gasteiger partial charge in [-0.05, 0) is 54.1 Å². The highest BCUT2D eigenvalue weighted by Gasteiger charge is 2.29. The standard InChI is InChI=1S/C44H48N6O6S/c1-46(2)57(53)49-25-23-48(24-26-49)32-18-20-33(21-19-32)56-29-38-41-37-15-9-14-35-36(16-10-28-55-40-17-8-12-31-11-4-5-13-34(31)40)43(44(51)52)50(42(35)37)22-6-7-27-54-30-39(41)47(3)45-38/h4-9,11-15,17-21H,10,16,22-30H2,1-3H3,(H,51,52)/b7-6-. The van der Waals surface area contributed by atoms with Crippen molar-refractivity contribution in [2.45, 2.75) is 32.6 Å². The number of nitrogens with zero attached hydrogens (tertiary/aromatic N) is 6. The molecule has 2 aromatic heterocycles. The molecule has 0 aliphatic carbocycles. The van der Waals surface area contributed by atoms with Gasteiger partial charge in [-0.25, -0.2) is 4.79 Å². The van der Waals surface area contributed by atoms with Gasteiger partial charge >= 0.3 is 5.97 Å². The maximum atomic E-state index is 13.1. The van der Waals surface area contributed by atoms with Crippen molar-refractivity contribution in [3.8, 4) is 22.6 Å². The van der Waals surface area contributed by atoms with E-state index in [4.69, 9.17) is 19.3 Å². The molecule has 4 aromatic carbocycles. The minimum absolute atomic E-state index is 0.205. The number of hydrogen-bond donors (Lipinski definition) is 1. The zero-order valence-electron chi connectivity index (χ0n) is 32.6. The molecule has 8 rings (SSSR count). The summed E-state index contributed by atoms with van der Waals surface area (Å²) in [5.74, 6) is 0.567. The van der Waals surface area contributed by atoms with Gasteiger partial charge in [-0.2, -0.15) is 5.10 Å². The summed E-state index contributed by atoms with van der Waals surface area (Å²) >= 11 is -1.12. The van der Waals surface area contributed by atoms with Crippen LogP contribution < -0.4 is 14.4 Å². The largest absolute Gasteiger partial charge is 0.578 e. The summed E-state index contributed by atoms with van der Waals surface area (Å²) in [4.78, 5) is 15.4. The molecule has 57 heavy (non-hydrogen) atoms. The monoisotopic (exact) mass is 788 g/mol. The quantitative estimate of drug-likeness (QED) is 0.0803. The number of fused-ring (bicyclic) bond motifs is 3. The van der Waals surface area contributed by atoms with Gasteiger partial charge in [0.2, 0.25) is 0 Å². The Kier molecular flexibility index (Phi) is 11.5. The van der Waals surface area contributed by atoms with Crippen LogP contribution in [0.25, 0.3) is 32.8 Å². The summed E-state index contributed by atoms with van der Waals surface area (Å²) in [5, 5.41) is 18.8. The van der Waals surface area contributed by atoms with Gasteiger partial charge in [0.15, 0.2) is 0 Å². The van der Waals surface area contributed by atoms with Gasteiger partial charge in [0.25, 0.3) is 0 Å². The van der Waals surface area contributed by atoms with Crippen LogP contribution in [-0.2, 0) is 49.5 Å². The lowest BCUT2D eigenvalue weighted by atomic mass is 9.98. The zero-order valence-corrected chi connectivity index (χ0v) is 33.4. The Hall–Kier alpha value is -5.31. The van der Waals surface area contributed by atoms with Crippen LogP contribution in [0.3, 0.4) is 0 Å². The number of carboxylic acid groups (broad SMARTS) is 1. The maximum absolute atomic E-state index is 13.1. The molecule has 0 radical (unpaired) electrons. The molecule has 0 amide bonds. The Balaban J connectivity index is 1.06. The normalized spacial score (nSPS) is 16.1. The number of aromatic nitrogens is 3. The number of rotatable bonds is 12. The first-order valence-electron chi connectivity index (χ1n) is 19.4. The first-order valence-corrected chi connectivity index (χ1v) is 20.4. The summed E-state index contributed by atoms with van der Waals surface area (Å²) in [6.07, 6.45) is 5.09. The average molecular weight is 789 g/mol. The van der Waals surface area contributed by atoms with Gasteiger partial charge in [-0.15, -0.1) is 8.61 Å². The number of piperazine rings is 1. The van der Waals surface area contributed by atoms with Crippen LogP contribution in [0.15, 0.2) is 97.1 Å². The predicted molar refractivity (Wildman–Crippen MR) is 224 cm³/mol. The second-order valence-electron chi connectivity index (χ2n) is 14.5. The van der Waals surface area contributed by atoms with E-state index in [1.165, 1.54) is 0 Å². The van der Waals surface area contributed by atoms with Gasteiger partial charge < -0.3 is 33.3 Å². The molecule has 0 saturated carbocycles. The fraction of sp³-hybridized carbons (Fsp3) is 0.318. The number of benzene rings is 4. The lowest BCUT2D eigenvalue weighted by molar-refractivity contribution is 0.0685. The van der Waals surface area contributed by atoms with Crippen molar-refractivity contribution in [1.82, 2.24) is 23.0 Å². The molecule has 296 valence electrons. The van der Waals surface area contributed by atoms with E-state index < -0.39 is 17.5 Å². The highest BCUT2D eigenvalue weighted by atomic mass is 32.2. The van der Waals surface area contributed by atoms with Gasteiger partial charge in [0, 0.05) is 68.4 Å². The number of aryl methyl sites for hydroxylation is 2. The second kappa shape index (κ2) is 17.0. The zero-order chi connectivity index (χ0) is 39.5. The van der Waals surface area contributed by atoms with Crippen molar-refractivity contribution < 1.29 is 28.7 Å². The minimum atomic E-state index is -1.12. The van der Waals surface area contributed by atoms with E-state index in [1.807, 2.05) is 101 Å². The van der Waals surface area contributed by atoms with Crippen LogP contribution in [0, 0.1) is 0 Å². The van der Waals surface area contributed by atoms with Crippen LogP contribution in [0.5, 0.6) is 11.5 Å². The molecule has 0 bridgehead atoms. The van der Waals surface area contributed by atoms with E-state index in [9.17, 15) is 14.5 Å². The lowest BCUT2D eigenvalue weighted by Gasteiger charge is -2.36. The van der Waals surface area contributed by atoms with Crippen LogP contribution in [0.1, 0.15) is 33.9 Å². The molecular formula is C44H48N6O6S. The number of carboxylic acids is 1. The number of para-hydroxylation sites is 1. The maximum Gasteiger partial charge on any atom is 0.352 e. The molecule has 1 saturated heterocycles. The smallest absolute Gasteiger partial charge is 0.352 e. The molecule has 1 unspecified atom stereocenters. The first kappa shape index (κ1) is 38.6. The summed E-state index contributed by atoms with van der Waals surface area (Å²) in [5.41, 5.74) is 6.40. The van der Waals surface area contributed by atoms with Crippen molar-refractivity contribution in [3.05, 3.63) is 120 Å². The molecule has 12 nitrogen and oxygen atoms in total. The van der Waals surface area contributed by atoms with Crippen molar-refractivity contribution >= 4 is 44.9 Å². The Morgan fingerprint density at radius 1 is 0.930 bits per heavy atom. The third kappa shape index (κ3) is 7.98. The number of allylic oxidation sites excluding steroid dienone is 1. The molecule has 0 spiro atoms. The molecule has 1 atom stereocenters. The topological polar surface area (TPSA) is 121 Å². The number of carbonyl (C=O) groups is 1. The van der Waals surface area contributed by atoms with Crippen molar-refractivity contribution in [3.63, 3.8) is 0 Å². The number of hydrogen-bond acceptors (Lipinski definition) is 9. The van der Waals surface area contributed by atoms with Crippen molar-refractivity contribution in [2.75, 3.05) is 58.4 Å². The molecular weight excluding hydrogens is 741 g/mol.